The molecular formula is C12H15N3O2. The second-order valence-electron chi connectivity index (χ2n) is 4.30. The van der Waals surface area contributed by atoms with E-state index in [2.05, 4.69) is 4.98 Å². The minimum Gasteiger partial charge on any atom is -0.478 e. The normalized spacial score (nSPS) is 11.3. The van der Waals surface area contributed by atoms with Crippen LogP contribution in [0.15, 0.2) is 18.3 Å². The molecule has 2 aromatic rings. The lowest BCUT2D eigenvalue weighted by molar-refractivity contribution is 0.0698. The third-order valence-electron chi connectivity index (χ3n) is 2.65. The number of fused-ring (bicyclic) bond motifs is 1. The van der Waals surface area contributed by atoms with Gasteiger partial charge in [0.25, 0.3) is 0 Å². The summed E-state index contributed by atoms with van der Waals surface area (Å²) in [6.45, 7) is 2.63. The number of carboxylic acids is 1. The van der Waals surface area contributed by atoms with Crippen LogP contribution >= 0.6 is 0 Å². The van der Waals surface area contributed by atoms with Gasteiger partial charge in [-0.2, -0.15) is 0 Å². The van der Waals surface area contributed by atoms with Crippen molar-refractivity contribution in [2.45, 2.75) is 13.5 Å². The smallest absolute Gasteiger partial charge is 0.339 e. The molecule has 0 saturated heterocycles. The van der Waals surface area contributed by atoms with Crippen molar-refractivity contribution in [1.29, 1.82) is 0 Å². The van der Waals surface area contributed by atoms with Gasteiger partial charge in [-0.15, -0.1) is 0 Å². The Kier molecular flexibility index (Phi) is 2.85. The third-order valence-corrected chi connectivity index (χ3v) is 2.65. The van der Waals surface area contributed by atoms with Crippen molar-refractivity contribution in [3.05, 3.63) is 35.3 Å². The number of hydrogen-bond donors (Lipinski definition) is 1. The number of pyridine rings is 1. The highest BCUT2D eigenvalue weighted by Crippen LogP contribution is 2.16. The largest absolute Gasteiger partial charge is 0.478 e. The first-order valence-electron chi connectivity index (χ1n) is 5.35. The summed E-state index contributed by atoms with van der Waals surface area (Å²) in [6.07, 6.45) is 1.85. The lowest BCUT2D eigenvalue weighted by Crippen LogP contribution is -2.13. The topological polar surface area (TPSA) is 57.8 Å². The van der Waals surface area contributed by atoms with Crippen LogP contribution in [0, 0.1) is 6.92 Å². The average molecular weight is 233 g/mol. The molecule has 0 fully saturated rings. The van der Waals surface area contributed by atoms with Crippen LogP contribution in [0.1, 0.15) is 21.7 Å². The molecule has 1 N–H and O–H groups in total. The summed E-state index contributed by atoms with van der Waals surface area (Å²) in [4.78, 5) is 17.5. The Morgan fingerprint density at radius 1 is 1.53 bits per heavy atom. The van der Waals surface area contributed by atoms with E-state index in [-0.39, 0.29) is 5.56 Å². The van der Waals surface area contributed by atoms with Crippen molar-refractivity contribution >= 4 is 11.6 Å². The second kappa shape index (κ2) is 4.18. The van der Waals surface area contributed by atoms with Crippen LogP contribution < -0.4 is 0 Å². The monoisotopic (exact) mass is 233 g/mol. The Morgan fingerprint density at radius 2 is 2.24 bits per heavy atom. The zero-order valence-electron chi connectivity index (χ0n) is 10.1. The van der Waals surface area contributed by atoms with Gasteiger partial charge in [-0.25, -0.2) is 9.78 Å². The predicted molar refractivity (Wildman–Crippen MR) is 64.3 cm³/mol. The number of aromatic nitrogens is 2. The van der Waals surface area contributed by atoms with Crippen molar-refractivity contribution in [2.75, 3.05) is 14.1 Å². The predicted octanol–water partition coefficient (Wildman–Crippen LogP) is 1.40. The van der Waals surface area contributed by atoms with E-state index in [1.165, 1.54) is 0 Å². The molecule has 0 spiro atoms. The molecule has 17 heavy (non-hydrogen) atoms. The minimum absolute atomic E-state index is 0.237. The Bertz CT molecular complexity index is 572. The van der Waals surface area contributed by atoms with Gasteiger partial charge in [0.15, 0.2) is 5.65 Å². The zero-order chi connectivity index (χ0) is 12.6. The maximum absolute atomic E-state index is 11.1. The van der Waals surface area contributed by atoms with Crippen molar-refractivity contribution in [1.82, 2.24) is 14.3 Å². The summed E-state index contributed by atoms with van der Waals surface area (Å²) in [5.41, 5.74) is 2.63. The maximum atomic E-state index is 11.1. The molecule has 0 aliphatic heterocycles. The molecule has 5 nitrogen and oxygen atoms in total. The molecular weight excluding hydrogens is 218 g/mol. The number of aryl methyl sites for hydroxylation is 1. The second-order valence-corrected chi connectivity index (χ2v) is 4.30. The molecule has 2 aromatic heterocycles. The van der Waals surface area contributed by atoms with Crippen LogP contribution in [-0.4, -0.2) is 39.5 Å². The number of rotatable bonds is 3. The summed E-state index contributed by atoms with van der Waals surface area (Å²) in [5.74, 6) is -0.947. The molecule has 0 atom stereocenters. The Morgan fingerprint density at radius 3 is 2.82 bits per heavy atom. The number of carboxylic acid groups (broad SMARTS) is 1. The van der Waals surface area contributed by atoms with Crippen LogP contribution in [0.3, 0.4) is 0 Å². The highest BCUT2D eigenvalue weighted by atomic mass is 16.4. The molecule has 2 heterocycles. The van der Waals surface area contributed by atoms with Gasteiger partial charge in [-0.1, -0.05) is 0 Å². The van der Waals surface area contributed by atoms with Crippen molar-refractivity contribution in [2.24, 2.45) is 0 Å². The SMILES string of the molecule is Cc1nc2c(C(=O)O)cccn2c1CN(C)C. The molecule has 5 heteroatoms. The standard InChI is InChI=1S/C12H15N3O2/c1-8-10(7-14(2)3)15-6-4-5-9(12(16)17)11(15)13-8/h4-6H,7H2,1-3H3,(H,16,17). The maximum Gasteiger partial charge on any atom is 0.339 e. The quantitative estimate of drug-likeness (QED) is 0.870. The molecule has 0 bridgehead atoms. The number of aromatic carboxylic acids is 1. The Labute approximate surface area is 99.3 Å². The summed E-state index contributed by atoms with van der Waals surface area (Å²) in [6, 6.07) is 3.31. The Balaban J connectivity index is 2.67. The third kappa shape index (κ3) is 2.01. The van der Waals surface area contributed by atoms with E-state index >= 15 is 0 Å². The molecule has 2 rings (SSSR count). The first-order valence-corrected chi connectivity index (χ1v) is 5.35. The van der Waals surface area contributed by atoms with E-state index < -0.39 is 5.97 Å². The fourth-order valence-corrected chi connectivity index (χ4v) is 1.89. The van der Waals surface area contributed by atoms with E-state index in [0.29, 0.717) is 5.65 Å². The molecule has 0 saturated carbocycles. The highest BCUT2D eigenvalue weighted by Gasteiger charge is 2.15. The Hall–Kier alpha value is -1.88. The highest BCUT2D eigenvalue weighted by molar-refractivity contribution is 5.94. The lowest BCUT2D eigenvalue weighted by atomic mass is 10.2. The number of carbonyl (C=O) groups is 1. The summed E-state index contributed by atoms with van der Waals surface area (Å²) >= 11 is 0. The number of nitrogens with zero attached hydrogens (tertiary/aromatic N) is 3. The molecule has 0 radical (unpaired) electrons. The fraction of sp³-hybridized carbons (Fsp3) is 0.333. The summed E-state index contributed by atoms with van der Waals surface area (Å²) in [5, 5.41) is 9.10. The van der Waals surface area contributed by atoms with Crippen molar-refractivity contribution < 1.29 is 9.90 Å². The van der Waals surface area contributed by atoms with Crippen LogP contribution in [0.2, 0.25) is 0 Å². The van der Waals surface area contributed by atoms with Gasteiger partial charge in [0.2, 0.25) is 0 Å². The average Bonchev–Trinajstić information content (AvgIpc) is 2.54. The van der Waals surface area contributed by atoms with Crippen molar-refractivity contribution in [3.63, 3.8) is 0 Å². The molecule has 0 aliphatic rings. The van der Waals surface area contributed by atoms with Gasteiger partial charge in [0, 0.05) is 12.7 Å². The van der Waals surface area contributed by atoms with E-state index in [4.69, 9.17) is 5.11 Å². The van der Waals surface area contributed by atoms with Crippen LogP contribution in [0.25, 0.3) is 5.65 Å². The molecule has 0 amide bonds. The number of imidazole rings is 1. The number of hydrogen-bond acceptors (Lipinski definition) is 3. The van der Waals surface area contributed by atoms with Crippen molar-refractivity contribution in [3.8, 4) is 0 Å². The van der Waals surface area contributed by atoms with E-state index in [0.717, 1.165) is 17.9 Å². The van der Waals surface area contributed by atoms with Crippen LogP contribution in [0.5, 0.6) is 0 Å². The van der Waals surface area contributed by atoms with Crippen LogP contribution in [-0.2, 0) is 6.54 Å². The van der Waals surface area contributed by atoms with Gasteiger partial charge in [-0.3, -0.25) is 0 Å². The summed E-state index contributed by atoms with van der Waals surface area (Å²) < 4.78 is 1.85. The van der Waals surface area contributed by atoms with E-state index in [9.17, 15) is 4.79 Å². The van der Waals surface area contributed by atoms with Gasteiger partial charge in [-0.05, 0) is 33.2 Å². The minimum atomic E-state index is -0.947. The molecule has 0 unspecified atom stereocenters. The van der Waals surface area contributed by atoms with Gasteiger partial charge >= 0.3 is 5.97 Å². The van der Waals surface area contributed by atoms with Gasteiger partial charge < -0.3 is 14.4 Å². The summed E-state index contributed by atoms with van der Waals surface area (Å²) in [7, 11) is 3.94. The van der Waals surface area contributed by atoms with E-state index in [1.807, 2.05) is 36.5 Å². The van der Waals surface area contributed by atoms with E-state index in [1.54, 1.807) is 12.1 Å². The zero-order valence-corrected chi connectivity index (χ0v) is 10.1. The molecule has 90 valence electrons. The molecule has 0 aliphatic carbocycles. The first kappa shape index (κ1) is 11.6. The van der Waals surface area contributed by atoms with Crippen LogP contribution in [0.4, 0.5) is 0 Å². The van der Waals surface area contributed by atoms with Gasteiger partial charge in [0.1, 0.15) is 5.56 Å². The fourth-order valence-electron chi connectivity index (χ4n) is 1.89. The molecule has 0 aromatic carbocycles. The lowest BCUT2D eigenvalue weighted by Gasteiger charge is -2.10. The van der Waals surface area contributed by atoms with Gasteiger partial charge in [0.05, 0.1) is 11.4 Å². The first-order chi connectivity index (χ1) is 8.00.